The van der Waals surface area contributed by atoms with E-state index in [1.54, 1.807) is 11.0 Å². The maximum Gasteiger partial charge on any atom is 0.410 e. The molecule has 0 saturated carbocycles. The molecule has 2 aliphatic heterocycles. The van der Waals surface area contributed by atoms with E-state index in [4.69, 9.17) is 9.47 Å². The fourth-order valence-electron chi connectivity index (χ4n) is 4.78. The molecule has 0 radical (unpaired) electrons. The van der Waals surface area contributed by atoms with Gasteiger partial charge in [-0.1, -0.05) is 30.3 Å². The SMILES string of the molecule is CC(C)(C)OC(=O)N1CC2CC1CCN2C(=O)c1cc(-c2ccccc2Oc2ccccc2)[nH]n1. The first-order valence-electron chi connectivity index (χ1n) is 12.0. The van der Waals surface area contributed by atoms with E-state index < -0.39 is 5.60 Å². The molecule has 2 bridgehead atoms. The Labute approximate surface area is 204 Å². The number of hydrogen-bond donors (Lipinski definition) is 1. The average molecular weight is 475 g/mol. The number of para-hydroxylation sites is 2. The van der Waals surface area contributed by atoms with Crippen LogP contribution in [0.3, 0.4) is 0 Å². The summed E-state index contributed by atoms with van der Waals surface area (Å²) < 4.78 is 11.6. The van der Waals surface area contributed by atoms with E-state index in [2.05, 4.69) is 10.2 Å². The number of fused-ring (bicyclic) bond motifs is 2. The molecular formula is C27H30N4O4. The minimum atomic E-state index is -0.546. The average Bonchev–Trinajstić information content (AvgIpc) is 3.44. The number of aromatic amines is 1. The number of carbonyl (C=O) groups is 2. The van der Waals surface area contributed by atoms with Crippen molar-refractivity contribution in [2.45, 2.75) is 51.3 Å². The molecule has 1 aromatic heterocycles. The highest BCUT2D eigenvalue weighted by molar-refractivity contribution is 5.94. The van der Waals surface area contributed by atoms with E-state index in [0.29, 0.717) is 30.2 Å². The molecule has 2 saturated heterocycles. The van der Waals surface area contributed by atoms with Gasteiger partial charge >= 0.3 is 6.09 Å². The van der Waals surface area contributed by atoms with E-state index in [1.165, 1.54) is 0 Å². The second-order valence-electron chi connectivity index (χ2n) is 10.0. The quantitative estimate of drug-likeness (QED) is 0.569. The largest absolute Gasteiger partial charge is 0.457 e. The highest BCUT2D eigenvalue weighted by atomic mass is 16.6. The zero-order chi connectivity index (χ0) is 24.6. The van der Waals surface area contributed by atoms with E-state index >= 15 is 0 Å². The number of nitrogens with zero attached hydrogens (tertiary/aromatic N) is 3. The summed E-state index contributed by atoms with van der Waals surface area (Å²) in [4.78, 5) is 29.6. The highest BCUT2D eigenvalue weighted by Crippen LogP contribution is 2.34. The van der Waals surface area contributed by atoms with Crippen molar-refractivity contribution < 1.29 is 19.1 Å². The van der Waals surface area contributed by atoms with Gasteiger partial charge in [0, 0.05) is 24.7 Å². The molecule has 0 aliphatic carbocycles. The van der Waals surface area contributed by atoms with Gasteiger partial charge in [-0.15, -0.1) is 0 Å². The fourth-order valence-corrected chi connectivity index (χ4v) is 4.78. The molecule has 2 fully saturated rings. The number of H-pyrrole nitrogens is 1. The third-order valence-electron chi connectivity index (χ3n) is 6.37. The summed E-state index contributed by atoms with van der Waals surface area (Å²) in [6.45, 7) is 6.66. The van der Waals surface area contributed by atoms with Gasteiger partial charge in [-0.2, -0.15) is 5.10 Å². The summed E-state index contributed by atoms with van der Waals surface area (Å²) in [5.74, 6) is 1.27. The first-order chi connectivity index (χ1) is 16.8. The van der Waals surface area contributed by atoms with Crippen molar-refractivity contribution in [1.29, 1.82) is 0 Å². The Hall–Kier alpha value is -3.81. The highest BCUT2D eigenvalue weighted by Gasteiger charge is 2.45. The molecular weight excluding hydrogens is 444 g/mol. The Morgan fingerprint density at radius 1 is 1.00 bits per heavy atom. The number of rotatable bonds is 4. The van der Waals surface area contributed by atoms with Crippen LogP contribution >= 0.6 is 0 Å². The normalized spacial score (nSPS) is 19.5. The predicted octanol–water partition coefficient (Wildman–Crippen LogP) is 5.09. The number of benzene rings is 2. The monoisotopic (exact) mass is 474 g/mol. The molecule has 0 spiro atoms. The van der Waals surface area contributed by atoms with Crippen LogP contribution in [0, 0.1) is 0 Å². The molecule has 8 nitrogen and oxygen atoms in total. The van der Waals surface area contributed by atoms with Crippen molar-refractivity contribution in [2.75, 3.05) is 13.1 Å². The molecule has 2 unspecified atom stereocenters. The number of hydrogen-bond acceptors (Lipinski definition) is 5. The zero-order valence-corrected chi connectivity index (χ0v) is 20.2. The first-order valence-corrected chi connectivity index (χ1v) is 12.0. The molecule has 182 valence electrons. The van der Waals surface area contributed by atoms with Crippen molar-refractivity contribution >= 4 is 12.0 Å². The number of piperidine rings is 1. The van der Waals surface area contributed by atoms with Gasteiger partial charge in [-0.05, 0) is 63.9 Å². The number of nitrogens with one attached hydrogen (secondary N) is 1. The lowest BCUT2D eigenvalue weighted by Crippen LogP contribution is -2.44. The van der Waals surface area contributed by atoms with Crippen molar-refractivity contribution in [3.8, 4) is 22.8 Å². The summed E-state index contributed by atoms with van der Waals surface area (Å²) in [5, 5.41) is 7.33. The molecule has 5 rings (SSSR count). The Morgan fingerprint density at radius 3 is 2.51 bits per heavy atom. The van der Waals surface area contributed by atoms with Crippen molar-refractivity contribution in [3.63, 3.8) is 0 Å². The van der Waals surface area contributed by atoms with Gasteiger partial charge in [0.2, 0.25) is 0 Å². The summed E-state index contributed by atoms with van der Waals surface area (Å²) in [6.07, 6.45) is 1.18. The zero-order valence-electron chi connectivity index (χ0n) is 20.2. The minimum Gasteiger partial charge on any atom is -0.457 e. The summed E-state index contributed by atoms with van der Waals surface area (Å²) in [5.41, 5.74) is 1.33. The molecule has 2 amide bonds. The molecule has 8 heteroatoms. The number of amides is 2. The van der Waals surface area contributed by atoms with E-state index in [0.717, 1.165) is 24.2 Å². The van der Waals surface area contributed by atoms with Crippen molar-refractivity contribution in [1.82, 2.24) is 20.0 Å². The van der Waals surface area contributed by atoms with Crippen molar-refractivity contribution in [2.24, 2.45) is 0 Å². The third-order valence-corrected chi connectivity index (χ3v) is 6.37. The Kier molecular flexibility index (Phi) is 5.96. The number of aromatic nitrogens is 2. The second-order valence-corrected chi connectivity index (χ2v) is 10.0. The number of likely N-dealkylation sites (tertiary alicyclic amines) is 2. The van der Waals surface area contributed by atoms with Crippen LogP contribution in [0.4, 0.5) is 4.79 Å². The fraction of sp³-hybridized carbons (Fsp3) is 0.370. The maximum absolute atomic E-state index is 13.4. The van der Waals surface area contributed by atoms with Crippen molar-refractivity contribution in [3.05, 3.63) is 66.4 Å². The Bertz CT molecular complexity index is 1220. The molecule has 35 heavy (non-hydrogen) atoms. The van der Waals surface area contributed by atoms with Crippen LogP contribution in [0.1, 0.15) is 44.1 Å². The molecule has 3 aromatic rings. The first kappa shape index (κ1) is 23.0. The Balaban J connectivity index is 1.31. The number of carbonyl (C=O) groups excluding carboxylic acids is 2. The van der Waals surface area contributed by atoms with Crippen LogP contribution in [-0.2, 0) is 4.74 Å². The van der Waals surface area contributed by atoms with Crippen LogP contribution in [0.2, 0.25) is 0 Å². The van der Waals surface area contributed by atoms with Crippen LogP contribution in [0.5, 0.6) is 11.5 Å². The van der Waals surface area contributed by atoms with Gasteiger partial charge in [-0.3, -0.25) is 9.89 Å². The molecule has 1 N–H and O–H groups in total. The van der Waals surface area contributed by atoms with Crippen LogP contribution in [0.25, 0.3) is 11.3 Å². The molecule has 2 aromatic carbocycles. The van der Waals surface area contributed by atoms with E-state index in [9.17, 15) is 9.59 Å². The lowest BCUT2D eigenvalue weighted by molar-refractivity contribution is 0.0226. The van der Waals surface area contributed by atoms with Crippen LogP contribution < -0.4 is 4.74 Å². The topological polar surface area (TPSA) is 87.8 Å². The van der Waals surface area contributed by atoms with Gasteiger partial charge in [0.25, 0.3) is 5.91 Å². The summed E-state index contributed by atoms with van der Waals surface area (Å²) in [6, 6.07) is 19.0. The summed E-state index contributed by atoms with van der Waals surface area (Å²) in [7, 11) is 0. The standard InChI is InChI=1S/C27H30N4O4/c1-27(2,3)35-26(33)31-17-19-15-18(31)13-14-30(19)25(32)23-16-22(28-29-23)21-11-7-8-12-24(21)34-20-9-5-4-6-10-20/h4-12,16,18-19H,13-15,17H2,1-3H3,(H,28,29). The van der Waals surface area contributed by atoms with Gasteiger partial charge < -0.3 is 19.3 Å². The third kappa shape index (κ3) is 4.87. The molecule has 2 aliphatic rings. The molecule has 3 heterocycles. The van der Waals surface area contributed by atoms with Crippen LogP contribution in [-0.4, -0.2) is 62.8 Å². The maximum atomic E-state index is 13.4. The smallest absolute Gasteiger partial charge is 0.410 e. The van der Waals surface area contributed by atoms with E-state index in [-0.39, 0.29) is 24.1 Å². The minimum absolute atomic E-state index is 0.0392. The lowest BCUT2D eigenvalue weighted by atomic mass is 10.0. The summed E-state index contributed by atoms with van der Waals surface area (Å²) >= 11 is 0. The van der Waals surface area contributed by atoms with Gasteiger partial charge in [-0.25, -0.2) is 4.79 Å². The Morgan fingerprint density at radius 2 is 1.74 bits per heavy atom. The van der Waals surface area contributed by atoms with Gasteiger partial charge in [0.15, 0.2) is 5.69 Å². The molecule has 2 atom stereocenters. The lowest BCUT2D eigenvalue weighted by Gasteiger charge is -2.32. The van der Waals surface area contributed by atoms with Gasteiger partial charge in [0.1, 0.15) is 17.1 Å². The number of ether oxygens (including phenoxy) is 2. The van der Waals surface area contributed by atoms with E-state index in [1.807, 2.05) is 80.3 Å². The predicted molar refractivity (Wildman–Crippen MR) is 131 cm³/mol. The second kappa shape index (κ2) is 9.09. The van der Waals surface area contributed by atoms with Crippen LogP contribution in [0.15, 0.2) is 60.7 Å². The van der Waals surface area contributed by atoms with Gasteiger partial charge in [0.05, 0.1) is 11.7 Å².